The Labute approximate surface area is 176 Å². The topological polar surface area (TPSA) is 68.8 Å². The Kier molecular flexibility index (Phi) is 4.97. The zero-order chi connectivity index (χ0) is 21.4. The van der Waals surface area contributed by atoms with Gasteiger partial charge in [-0.15, -0.1) is 5.10 Å². The minimum atomic E-state index is -4.65. The number of tetrazole rings is 1. The lowest BCUT2D eigenvalue weighted by Crippen LogP contribution is -2.35. The number of furan rings is 1. The molecule has 31 heavy (non-hydrogen) atoms. The Bertz CT molecular complexity index is 1180. The Balaban J connectivity index is 1.54. The van der Waals surface area contributed by atoms with Crippen LogP contribution >= 0.6 is 0 Å². The Hall–Kier alpha value is -3.20. The lowest BCUT2D eigenvalue weighted by Gasteiger charge is -2.33. The number of halogens is 3. The summed E-state index contributed by atoms with van der Waals surface area (Å²) < 4.78 is 46.5. The summed E-state index contributed by atoms with van der Waals surface area (Å²) in [4.78, 5) is 0. The van der Waals surface area contributed by atoms with Gasteiger partial charge < -0.3 is 9.73 Å². The number of fused-ring (bicyclic) bond motifs is 1. The second kappa shape index (κ2) is 7.81. The van der Waals surface area contributed by atoms with E-state index in [4.69, 9.17) is 4.42 Å². The molecule has 0 aliphatic carbocycles. The third kappa shape index (κ3) is 3.81. The van der Waals surface area contributed by atoms with E-state index in [-0.39, 0.29) is 17.6 Å². The van der Waals surface area contributed by atoms with Crippen LogP contribution in [0.15, 0.2) is 59.2 Å². The van der Waals surface area contributed by atoms with Crippen LogP contribution in [0.25, 0.3) is 16.7 Å². The Morgan fingerprint density at radius 2 is 1.97 bits per heavy atom. The van der Waals surface area contributed by atoms with Crippen LogP contribution in [0.5, 0.6) is 0 Å². The van der Waals surface area contributed by atoms with E-state index in [1.165, 1.54) is 5.56 Å². The van der Waals surface area contributed by atoms with Crippen molar-refractivity contribution in [3.05, 3.63) is 71.7 Å². The van der Waals surface area contributed by atoms with Crippen LogP contribution in [-0.4, -0.2) is 26.8 Å². The molecule has 1 aliphatic rings. The van der Waals surface area contributed by atoms with Crippen molar-refractivity contribution in [1.29, 1.82) is 0 Å². The van der Waals surface area contributed by atoms with E-state index in [9.17, 15) is 13.2 Å². The number of hydrogen-bond donors (Lipinski definition) is 1. The molecule has 0 radical (unpaired) electrons. The number of alkyl halides is 3. The predicted molar refractivity (Wildman–Crippen MR) is 108 cm³/mol. The molecular weight excluding hydrogens is 407 g/mol. The Morgan fingerprint density at radius 3 is 2.77 bits per heavy atom. The number of aromatic nitrogens is 4. The number of rotatable bonds is 4. The maximum absolute atomic E-state index is 13.3. The summed E-state index contributed by atoms with van der Waals surface area (Å²) >= 11 is 0. The molecule has 1 N–H and O–H groups in total. The predicted octanol–water partition coefficient (Wildman–Crippen LogP) is 4.71. The smallest absolute Gasteiger partial charge is 0.453 e. The highest BCUT2D eigenvalue weighted by molar-refractivity contribution is 5.83. The molecule has 0 saturated carbocycles. The lowest BCUT2D eigenvalue weighted by atomic mass is 9.82. The van der Waals surface area contributed by atoms with Crippen LogP contribution in [0.2, 0.25) is 0 Å². The molecule has 2 atom stereocenters. The van der Waals surface area contributed by atoms with Gasteiger partial charge in [0.2, 0.25) is 0 Å². The van der Waals surface area contributed by atoms with Gasteiger partial charge in [0.1, 0.15) is 5.58 Å². The van der Waals surface area contributed by atoms with Gasteiger partial charge in [0.25, 0.3) is 5.82 Å². The number of hydrogen-bond acceptors (Lipinski definition) is 5. The van der Waals surface area contributed by atoms with Gasteiger partial charge in [-0.2, -0.15) is 17.9 Å². The SMILES string of the molecule is FC(F)(F)c1nnnn1-c1cc(C[C@H]2CCCN[C@@H]2c2ccccc2)c2occc2c1. The third-order valence-corrected chi connectivity index (χ3v) is 5.81. The van der Waals surface area contributed by atoms with E-state index in [1.54, 1.807) is 24.5 Å². The molecule has 160 valence electrons. The second-order valence-electron chi connectivity index (χ2n) is 7.80. The fraction of sp³-hybridized carbons (Fsp3) is 0.318. The van der Waals surface area contributed by atoms with E-state index < -0.39 is 12.0 Å². The summed E-state index contributed by atoms with van der Waals surface area (Å²) in [5, 5.41) is 14.3. The van der Waals surface area contributed by atoms with Crippen LogP contribution in [-0.2, 0) is 12.6 Å². The highest BCUT2D eigenvalue weighted by Gasteiger charge is 2.38. The van der Waals surface area contributed by atoms with Gasteiger partial charge in [0, 0.05) is 11.4 Å². The fourth-order valence-electron chi connectivity index (χ4n) is 4.46. The molecule has 4 aromatic rings. The first-order chi connectivity index (χ1) is 15.0. The molecule has 0 bridgehead atoms. The molecule has 0 unspecified atom stereocenters. The molecular formula is C22H20F3N5O. The van der Waals surface area contributed by atoms with E-state index in [0.717, 1.165) is 35.0 Å². The van der Waals surface area contributed by atoms with Crippen molar-refractivity contribution in [3.63, 3.8) is 0 Å². The minimum absolute atomic E-state index is 0.169. The van der Waals surface area contributed by atoms with Gasteiger partial charge in [0.05, 0.1) is 12.0 Å². The molecule has 1 aliphatic heterocycles. The van der Waals surface area contributed by atoms with Gasteiger partial charge in [-0.1, -0.05) is 30.3 Å². The van der Waals surface area contributed by atoms with E-state index in [0.29, 0.717) is 12.0 Å². The largest absolute Gasteiger partial charge is 0.464 e. The average molecular weight is 427 g/mol. The summed E-state index contributed by atoms with van der Waals surface area (Å²) in [5.74, 6) is -0.876. The third-order valence-electron chi connectivity index (χ3n) is 5.81. The first kappa shape index (κ1) is 19.7. The molecule has 0 spiro atoms. The van der Waals surface area contributed by atoms with Crippen molar-refractivity contribution in [2.45, 2.75) is 31.5 Å². The van der Waals surface area contributed by atoms with Crippen molar-refractivity contribution < 1.29 is 17.6 Å². The Morgan fingerprint density at radius 1 is 1.13 bits per heavy atom. The zero-order valence-corrected chi connectivity index (χ0v) is 16.5. The first-order valence-corrected chi connectivity index (χ1v) is 10.1. The summed E-state index contributed by atoms with van der Waals surface area (Å²) in [6.45, 7) is 0.936. The maximum atomic E-state index is 13.3. The highest BCUT2D eigenvalue weighted by Crippen LogP contribution is 2.36. The van der Waals surface area contributed by atoms with Crippen molar-refractivity contribution in [2.24, 2.45) is 5.92 Å². The van der Waals surface area contributed by atoms with Crippen molar-refractivity contribution in [1.82, 2.24) is 25.5 Å². The molecule has 1 fully saturated rings. The molecule has 3 heterocycles. The van der Waals surface area contributed by atoms with Crippen molar-refractivity contribution in [2.75, 3.05) is 6.54 Å². The van der Waals surface area contributed by atoms with Crippen LogP contribution in [0.4, 0.5) is 13.2 Å². The molecule has 2 aromatic heterocycles. The van der Waals surface area contributed by atoms with Crippen LogP contribution in [0.1, 0.15) is 35.8 Å². The van der Waals surface area contributed by atoms with E-state index in [2.05, 4.69) is 33.0 Å². The molecule has 2 aromatic carbocycles. The zero-order valence-electron chi connectivity index (χ0n) is 16.5. The van der Waals surface area contributed by atoms with Gasteiger partial charge in [-0.25, -0.2) is 0 Å². The lowest BCUT2D eigenvalue weighted by molar-refractivity contribution is -0.146. The van der Waals surface area contributed by atoms with E-state index >= 15 is 0 Å². The number of piperidine rings is 1. The fourth-order valence-corrected chi connectivity index (χ4v) is 4.46. The number of nitrogens with zero attached hydrogens (tertiary/aromatic N) is 4. The van der Waals surface area contributed by atoms with Crippen molar-refractivity contribution in [3.8, 4) is 5.69 Å². The van der Waals surface area contributed by atoms with Gasteiger partial charge in [-0.05, 0) is 71.5 Å². The molecule has 5 rings (SSSR count). The van der Waals surface area contributed by atoms with Gasteiger partial charge >= 0.3 is 6.18 Å². The summed E-state index contributed by atoms with van der Waals surface area (Å²) in [6.07, 6.45) is -0.386. The van der Waals surface area contributed by atoms with Crippen molar-refractivity contribution >= 4 is 11.0 Å². The van der Waals surface area contributed by atoms with Crippen LogP contribution in [0, 0.1) is 5.92 Å². The van der Waals surface area contributed by atoms with E-state index in [1.807, 2.05) is 18.2 Å². The second-order valence-corrected chi connectivity index (χ2v) is 7.80. The molecule has 1 saturated heterocycles. The molecule has 0 amide bonds. The normalized spacial score (nSPS) is 19.7. The highest BCUT2D eigenvalue weighted by atomic mass is 19.4. The van der Waals surface area contributed by atoms with Crippen LogP contribution < -0.4 is 5.32 Å². The monoisotopic (exact) mass is 427 g/mol. The quantitative estimate of drug-likeness (QED) is 0.511. The standard InChI is InChI=1S/C22H20F3N5O/c23-22(24,25)21-27-28-29-30(21)18-12-16-8-10-31-20(16)17(13-18)11-15-7-4-9-26-19(15)14-5-2-1-3-6-14/h1-3,5-6,8,10,12-13,15,19,26H,4,7,9,11H2/t15-,19-/m1/s1. The number of benzene rings is 2. The number of nitrogens with one attached hydrogen (secondary N) is 1. The maximum Gasteiger partial charge on any atom is 0.453 e. The van der Waals surface area contributed by atoms with Crippen LogP contribution in [0.3, 0.4) is 0 Å². The summed E-state index contributed by atoms with van der Waals surface area (Å²) in [7, 11) is 0. The summed E-state index contributed by atoms with van der Waals surface area (Å²) in [5.41, 5.74) is 3.00. The average Bonchev–Trinajstić information content (AvgIpc) is 3.44. The minimum Gasteiger partial charge on any atom is -0.464 e. The van der Waals surface area contributed by atoms with Gasteiger partial charge in [0.15, 0.2) is 0 Å². The first-order valence-electron chi connectivity index (χ1n) is 10.1. The molecule has 6 nitrogen and oxygen atoms in total. The molecule has 9 heteroatoms. The van der Waals surface area contributed by atoms with Gasteiger partial charge in [-0.3, -0.25) is 0 Å². The summed E-state index contributed by atoms with van der Waals surface area (Å²) in [6, 6.07) is 15.5.